The van der Waals surface area contributed by atoms with E-state index in [1.54, 1.807) is 35.5 Å². The molecule has 3 aliphatic heterocycles. The number of nitrogens with zero attached hydrogens (tertiary/aromatic N) is 7. The molecule has 14 heteroatoms. The van der Waals surface area contributed by atoms with Crippen LogP contribution in [0.25, 0.3) is 10.9 Å². The maximum Gasteiger partial charge on any atom is 0.328 e. The molecule has 1 saturated carbocycles. The normalized spacial score (nSPS) is 22.8. The third-order valence-electron chi connectivity index (χ3n) is 12.8. The van der Waals surface area contributed by atoms with Crippen LogP contribution in [0.3, 0.4) is 0 Å². The molecule has 5 heterocycles. The fourth-order valence-corrected chi connectivity index (χ4v) is 10.2. The molecule has 4 amide bonds. The first-order chi connectivity index (χ1) is 27.3. The van der Waals surface area contributed by atoms with E-state index in [-0.39, 0.29) is 40.8 Å². The fraction of sp³-hybridized carbons (Fsp3) is 0.488. The number of benzene rings is 2. The number of aromatic nitrogens is 3. The molecule has 2 aromatic heterocycles. The molecule has 2 N–H and O–H groups in total. The van der Waals surface area contributed by atoms with E-state index >= 15 is 0 Å². The number of imide groups is 1. The van der Waals surface area contributed by atoms with Gasteiger partial charge in [-0.3, -0.25) is 19.8 Å². The molecule has 4 aliphatic rings. The second-order valence-corrected chi connectivity index (χ2v) is 17.6. The molecule has 2 aromatic carbocycles. The van der Waals surface area contributed by atoms with Gasteiger partial charge in [0.2, 0.25) is 11.9 Å². The van der Waals surface area contributed by atoms with Crippen molar-refractivity contribution in [3.05, 3.63) is 77.2 Å². The lowest BCUT2D eigenvalue weighted by atomic mass is 9.49. The topological polar surface area (TPSA) is 149 Å². The number of fused-ring (bicyclic) bond motifs is 1. The Balaban J connectivity index is 0.800. The zero-order chi connectivity index (χ0) is 40.1. The first kappa shape index (κ1) is 38.7. The van der Waals surface area contributed by atoms with Crippen LogP contribution in [0.5, 0.6) is 5.75 Å². The van der Waals surface area contributed by atoms with E-state index in [9.17, 15) is 19.6 Å². The van der Waals surface area contributed by atoms with Gasteiger partial charge in [-0.05, 0) is 61.9 Å². The maximum absolute atomic E-state index is 13.4. The van der Waals surface area contributed by atoms with Crippen LogP contribution < -0.4 is 25.2 Å². The Hall–Kier alpha value is -5.19. The van der Waals surface area contributed by atoms with Crippen molar-refractivity contribution in [1.29, 1.82) is 5.26 Å². The summed E-state index contributed by atoms with van der Waals surface area (Å²) in [5.74, 6) is 1.41. The van der Waals surface area contributed by atoms with Gasteiger partial charge in [-0.2, -0.15) is 5.26 Å². The van der Waals surface area contributed by atoms with E-state index in [4.69, 9.17) is 16.3 Å². The number of carbonyl (C=O) groups is 3. The molecule has 8 rings (SSSR count). The van der Waals surface area contributed by atoms with Crippen molar-refractivity contribution in [1.82, 2.24) is 30.1 Å². The smallest absolute Gasteiger partial charge is 0.328 e. The van der Waals surface area contributed by atoms with Crippen molar-refractivity contribution >= 4 is 52.0 Å². The first-order valence-corrected chi connectivity index (χ1v) is 20.4. The van der Waals surface area contributed by atoms with Crippen LogP contribution in [-0.2, 0) is 4.79 Å². The molecule has 0 spiro atoms. The van der Waals surface area contributed by atoms with E-state index in [0.717, 1.165) is 75.0 Å². The van der Waals surface area contributed by atoms with Crippen molar-refractivity contribution in [2.24, 2.45) is 16.7 Å². The first-order valence-electron chi connectivity index (χ1n) is 20.0. The quantitative estimate of drug-likeness (QED) is 0.192. The van der Waals surface area contributed by atoms with Crippen LogP contribution in [0, 0.1) is 28.1 Å². The van der Waals surface area contributed by atoms with Gasteiger partial charge in [0.05, 0.1) is 27.4 Å². The van der Waals surface area contributed by atoms with Crippen molar-refractivity contribution in [3.8, 4) is 11.8 Å². The number of nitriles is 1. The van der Waals surface area contributed by atoms with Gasteiger partial charge in [0, 0.05) is 98.6 Å². The highest BCUT2D eigenvalue weighted by atomic mass is 35.5. The Morgan fingerprint density at radius 3 is 2.37 bits per heavy atom. The molecule has 4 aromatic rings. The molecular weight excluding hydrogens is 742 g/mol. The second-order valence-electron chi connectivity index (χ2n) is 17.2. The van der Waals surface area contributed by atoms with Crippen molar-refractivity contribution in [3.63, 3.8) is 0 Å². The Bertz CT molecular complexity index is 2200. The number of halogens is 1. The molecule has 0 unspecified atom stereocenters. The van der Waals surface area contributed by atoms with E-state index in [1.165, 1.54) is 0 Å². The number of nitrogens with one attached hydrogen (secondary N) is 2. The summed E-state index contributed by atoms with van der Waals surface area (Å²) in [7, 11) is 0. The summed E-state index contributed by atoms with van der Waals surface area (Å²) in [6.07, 6.45) is 9.78. The molecule has 0 bridgehead atoms. The minimum atomic E-state index is -0.373. The number of anilines is 2. The van der Waals surface area contributed by atoms with E-state index in [2.05, 4.69) is 87.1 Å². The van der Waals surface area contributed by atoms with E-state index in [0.29, 0.717) is 52.8 Å². The van der Waals surface area contributed by atoms with Crippen LogP contribution in [-0.4, -0.2) is 88.7 Å². The predicted molar refractivity (Wildman–Crippen MR) is 219 cm³/mol. The van der Waals surface area contributed by atoms with Crippen LogP contribution >= 0.6 is 11.6 Å². The Labute approximate surface area is 338 Å². The third kappa shape index (κ3) is 7.41. The number of piperidine rings is 2. The molecule has 3 saturated heterocycles. The average molecular weight is 792 g/mol. The Morgan fingerprint density at radius 1 is 0.982 bits per heavy atom. The van der Waals surface area contributed by atoms with Gasteiger partial charge in [0.1, 0.15) is 17.9 Å². The van der Waals surface area contributed by atoms with Crippen molar-refractivity contribution in [2.45, 2.75) is 78.0 Å². The number of hydrogen-bond donors (Lipinski definition) is 2. The van der Waals surface area contributed by atoms with Crippen LogP contribution in [0.4, 0.5) is 16.4 Å². The zero-order valence-corrected chi connectivity index (χ0v) is 33.8. The van der Waals surface area contributed by atoms with Gasteiger partial charge >= 0.3 is 6.03 Å². The minimum Gasteiger partial charge on any atom is -0.489 e. The molecule has 13 nitrogen and oxygen atoms in total. The summed E-state index contributed by atoms with van der Waals surface area (Å²) in [4.78, 5) is 53.4. The molecule has 57 heavy (non-hydrogen) atoms. The SMILES string of the molecule is CC1(C)C(NC(=O)c2cnc(N3CCC(CN4CCC(n5ccc6c(N7CCC(=O)NC7=O)cccc65)CC4)CC3)nc2)C(C)(C)C1Oc1ccc(C#N)c(Cl)c1. The standard InChI is InChI=1S/C43H50ClN9O4/c1-42(2)38(43(3,4)39(42)57-31-9-8-28(23-45)33(44)22-31)49-37(55)29-24-46-40(47-25-29)51-18-10-27(11-19-51)26-50-16-12-30(13-17-50)52-20-14-32-34(52)6-5-7-35(32)53-21-15-36(54)48-41(53)56/h5-9,14,20,22,24-25,27,30,38-39H,10-13,15-19,21,26H2,1-4H3,(H,49,55)(H,48,54,56). The van der Waals surface area contributed by atoms with E-state index in [1.807, 2.05) is 12.1 Å². The molecule has 1 aliphatic carbocycles. The molecule has 4 fully saturated rings. The summed E-state index contributed by atoms with van der Waals surface area (Å²) < 4.78 is 8.74. The predicted octanol–water partition coefficient (Wildman–Crippen LogP) is 6.57. The molecule has 298 valence electrons. The number of urea groups is 1. The summed E-state index contributed by atoms with van der Waals surface area (Å²) in [6, 6.07) is 15.2. The van der Waals surface area contributed by atoms with Gasteiger partial charge in [0.15, 0.2) is 0 Å². The number of ether oxygens (including phenoxy) is 1. The lowest BCUT2D eigenvalue weighted by molar-refractivity contribution is -0.164. The second kappa shape index (κ2) is 15.3. The van der Waals surface area contributed by atoms with Crippen LogP contribution in [0.2, 0.25) is 5.02 Å². The van der Waals surface area contributed by atoms with Gasteiger partial charge in [-0.15, -0.1) is 0 Å². The molecule has 0 atom stereocenters. The van der Waals surface area contributed by atoms with Gasteiger partial charge in [-0.25, -0.2) is 14.8 Å². The number of hydrogen-bond acceptors (Lipinski definition) is 9. The largest absolute Gasteiger partial charge is 0.489 e. The van der Waals surface area contributed by atoms with Gasteiger partial charge in [0.25, 0.3) is 5.91 Å². The number of likely N-dealkylation sites (tertiary alicyclic amines) is 1. The lowest BCUT2D eigenvalue weighted by Crippen LogP contribution is -2.74. The van der Waals surface area contributed by atoms with Crippen molar-refractivity contribution in [2.75, 3.05) is 49.1 Å². The number of amides is 4. The highest BCUT2D eigenvalue weighted by Crippen LogP contribution is 2.55. The number of rotatable bonds is 9. The van der Waals surface area contributed by atoms with Crippen molar-refractivity contribution < 1.29 is 19.1 Å². The highest BCUT2D eigenvalue weighted by molar-refractivity contribution is 6.31. The fourth-order valence-electron chi connectivity index (χ4n) is 9.99. The Kier molecular flexibility index (Phi) is 10.4. The maximum atomic E-state index is 13.4. The minimum absolute atomic E-state index is 0.159. The zero-order valence-electron chi connectivity index (χ0n) is 33.0. The summed E-state index contributed by atoms with van der Waals surface area (Å²) >= 11 is 6.25. The van der Waals surface area contributed by atoms with Crippen LogP contribution in [0.15, 0.2) is 61.1 Å². The van der Waals surface area contributed by atoms with Crippen LogP contribution in [0.1, 0.15) is 81.8 Å². The highest BCUT2D eigenvalue weighted by Gasteiger charge is 2.64. The Morgan fingerprint density at radius 2 is 1.70 bits per heavy atom. The summed E-state index contributed by atoms with van der Waals surface area (Å²) in [6.45, 7) is 13.6. The van der Waals surface area contributed by atoms with Gasteiger partial charge < -0.3 is 24.4 Å². The van der Waals surface area contributed by atoms with E-state index < -0.39 is 0 Å². The monoisotopic (exact) mass is 791 g/mol. The average Bonchev–Trinajstić information content (AvgIpc) is 3.64. The summed E-state index contributed by atoms with van der Waals surface area (Å²) in [5, 5.41) is 16.3. The third-order valence-corrected chi connectivity index (χ3v) is 13.1. The lowest BCUT2D eigenvalue weighted by Gasteiger charge is -2.63. The number of carbonyl (C=O) groups excluding carboxylic acids is 3. The summed E-state index contributed by atoms with van der Waals surface area (Å²) in [5.41, 5.74) is 2.04. The molecule has 0 radical (unpaired) electrons. The molecular formula is C43H50ClN9O4. The van der Waals surface area contributed by atoms with Gasteiger partial charge in [-0.1, -0.05) is 45.4 Å².